The van der Waals surface area contributed by atoms with Crippen LogP contribution in [0.5, 0.6) is 0 Å². The van der Waals surface area contributed by atoms with E-state index in [4.69, 9.17) is 0 Å². The summed E-state index contributed by atoms with van der Waals surface area (Å²) in [5.74, 6) is 0.231. The van der Waals surface area contributed by atoms with Crippen molar-refractivity contribution in [2.24, 2.45) is 0 Å². The molecule has 19 heavy (non-hydrogen) atoms. The zero-order valence-electron chi connectivity index (χ0n) is 10.2. The maximum atomic E-state index is 13.1. The second-order valence-corrected chi connectivity index (χ2v) is 4.32. The minimum atomic E-state index is -0.295. The summed E-state index contributed by atoms with van der Waals surface area (Å²) in [6, 6.07) is 6.27. The number of H-pyrrole nitrogens is 1. The van der Waals surface area contributed by atoms with E-state index < -0.39 is 0 Å². The van der Waals surface area contributed by atoms with Gasteiger partial charge in [0.15, 0.2) is 5.65 Å². The molecule has 3 rings (SSSR count). The fourth-order valence-corrected chi connectivity index (χ4v) is 2.00. The Morgan fingerprint density at radius 3 is 3.05 bits per heavy atom. The number of nitrogens with one attached hydrogen (secondary N) is 1. The molecule has 1 aromatic carbocycles. The Labute approximate surface area is 107 Å². The van der Waals surface area contributed by atoms with Crippen molar-refractivity contribution < 1.29 is 4.39 Å². The third kappa shape index (κ3) is 2.12. The molecule has 0 aliphatic carbocycles. The van der Waals surface area contributed by atoms with Crippen LogP contribution in [0.15, 0.2) is 35.3 Å². The molecule has 0 saturated carbocycles. The third-order valence-corrected chi connectivity index (χ3v) is 2.85. The number of aromatic amines is 1. The van der Waals surface area contributed by atoms with Gasteiger partial charge < -0.3 is 4.98 Å². The van der Waals surface area contributed by atoms with Gasteiger partial charge in [-0.3, -0.25) is 4.79 Å². The molecule has 0 unspecified atom stereocenters. The first kappa shape index (κ1) is 11.6. The molecule has 0 amide bonds. The maximum absolute atomic E-state index is 13.1. The van der Waals surface area contributed by atoms with Gasteiger partial charge in [0.05, 0.1) is 12.7 Å². The van der Waals surface area contributed by atoms with Gasteiger partial charge in [0.2, 0.25) is 0 Å². The number of fused-ring (bicyclic) bond motifs is 1. The quantitative estimate of drug-likeness (QED) is 0.759. The van der Waals surface area contributed by atoms with Crippen LogP contribution in [0.25, 0.3) is 11.0 Å². The highest BCUT2D eigenvalue weighted by Gasteiger charge is 2.09. The summed E-state index contributed by atoms with van der Waals surface area (Å²) < 4.78 is 14.7. The standard InChI is InChI=1S/C13H11FN4O/c1-8-16-12-11(13(19)17-8)6-15-18(12)7-9-3-2-4-10(14)5-9/h2-6H,7H2,1H3,(H,16,17,19). The number of hydrogen-bond acceptors (Lipinski definition) is 3. The summed E-state index contributed by atoms with van der Waals surface area (Å²) in [5.41, 5.74) is 1.06. The van der Waals surface area contributed by atoms with E-state index in [1.165, 1.54) is 18.3 Å². The van der Waals surface area contributed by atoms with Crippen LogP contribution in [0.2, 0.25) is 0 Å². The lowest BCUT2D eigenvalue weighted by Crippen LogP contribution is -2.11. The fourth-order valence-electron chi connectivity index (χ4n) is 2.00. The summed E-state index contributed by atoms with van der Waals surface area (Å²) in [6.07, 6.45) is 1.47. The molecule has 5 nitrogen and oxygen atoms in total. The lowest BCUT2D eigenvalue weighted by molar-refractivity contribution is 0.620. The zero-order valence-corrected chi connectivity index (χ0v) is 10.2. The Balaban J connectivity index is 2.09. The van der Waals surface area contributed by atoms with Gasteiger partial charge in [-0.25, -0.2) is 14.1 Å². The normalized spacial score (nSPS) is 11.1. The fraction of sp³-hybridized carbons (Fsp3) is 0.154. The Hall–Kier alpha value is -2.50. The minimum Gasteiger partial charge on any atom is -0.310 e. The van der Waals surface area contributed by atoms with E-state index in [1.54, 1.807) is 23.7 Å². The van der Waals surface area contributed by atoms with Crippen LogP contribution in [0.4, 0.5) is 4.39 Å². The van der Waals surface area contributed by atoms with Gasteiger partial charge in [0.25, 0.3) is 5.56 Å². The molecule has 96 valence electrons. The van der Waals surface area contributed by atoms with Gasteiger partial charge in [-0.15, -0.1) is 0 Å². The van der Waals surface area contributed by atoms with Crippen molar-refractivity contribution in [3.8, 4) is 0 Å². The highest BCUT2D eigenvalue weighted by atomic mass is 19.1. The largest absolute Gasteiger partial charge is 0.310 e. The van der Waals surface area contributed by atoms with Crippen LogP contribution in [0.1, 0.15) is 11.4 Å². The lowest BCUT2D eigenvalue weighted by atomic mass is 10.2. The van der Waals surface area contributed by atoms with Crippen LogP contribution < -0.4 is 5.56 Å². The van der Waals surface area contributed by atoms with Crippen molar-refractivity contribution in [3.63, 3.8) is 0 Å². The summed E-state index contributed by atoms with van der Waals surface area (Å²) >= 11 is 0. The summed E-state index contributed by atoms with van der Waals surface area (Å²) in [7, 11) is 0. The molecule has 3 aromatic rings. The first-order chi connectivity index (χ1) is 9.13. The van der Waals surface area contributed by atoms with Crippen molar-refractivity contribution in [3.05, 3.63) is 58.0 Å². The van der Waals surface area contributed by atoms with Gasteiger partial charge in [-0.1, -0.05) is 12.1 Å². The number of hydrogen-bond donors (Lipinski definition) is 1. The van der Waals surface area contributed by atoms with Crippen LogP contribution in [0, 0.1) is 12.7 Å². The van der Waals surface area contributed by atoms with E-state index in [9.17, 15) is 9.18 Å². The van der Waals surface area contributed by atoms with Crippen LogP contribution in [0.3, 0.4) is 0 Å². The van der Waals surface area contributed by atoms with Crippen LogP contribution >= 0.6 is 0 Å². The molecular weight excluding hydrogens is 247 g/mol. The van der Waals surface area contributed by atoms with Gasteiger partial charge in [0, 0.05) is 0 Å². The lowest BCUT2D eigenvalue weighted by Gasteiger charge is -2.03. The van der Waals surface area contributed by atoms with Crippen molar-refractivity contribution in [2.75, 3.05) is 0 Å². The molecule has 0 spiro atoms. The second kappa shape index (κ2) is 4.31. The van der Waals surface area contributed by atoms with Crippen molar-refractivity contribution in [2.45, 2.75) is 13.5 Å². The highest BCUT2D eigenvalue weighted by molar-refractivity contribution is 5.73. The smallest absolute Gasteiger partial charge is 0.262 e. The molecule has 0 atom stereocenters. The van der Waals surface area contributed by atoms with Gasteiger partial charge in [-0.05, 0) is 24.6 Å². The molecule has 1 N–H and O–H groups in total. The molecule has 2 heterocycles. The van der Waals surface area contributed by atoms with E-state index >= 15 is 0 Å². The van der Waals surface area contributed by atoms with Crippen LogP contribution in [-0.4, -0.2) is 19.7 Å². The first-order valence-electron chi connectivity index (χ1n) is 5.80. The van der Waals surface area contributed by atoms with Gasteiger partial charge in [0.1, 0.15) is 17.0 Å². The molecule has 0 radical (unpaired) electrons. The Morgan fingerprint density at radius 2 is 2.26 bits per heavy atom. The average Bonchev–Trinajstić information content (AvgIpc) is 2.73. The number of benzene rings is 1. The number of nitrogens with zero attached hydrogens (tertiary/aromatic N) is 3. The van der Waals surface area contributed by atoms with E-state index in [1.807, 2.05) is 0 Å². The Morgan fingerprint density at radius 1 is 1.42 bits per heavy atom. The number of halogens is 1. The first-order valence-corrected chi connectivity index (χ1v) is 5.80. The van der Waals surface area contributed by atoms with E-state index in [0.29, 0.717) is 23.4 Å². The second-order valence-electron chi connectivity index (χ2n) is 4.32. The Bertz CT molecular complexity index is 806. The summed E-state index contributed by atoms with van der Waals surface area (Å²) in [4.78, 5) is 18.6. The van der Waals surface area contributed by atoms with Gasteiger partial charge >= 0.3 is 0 Å². The van der Waals surface area contributed by atoms with Crippen molar-refractivity contribution >= 4 is 11.0 Å². The molecule has 0 aliphatic rings. The number of rotatable bonds is 2. The molecule has 0 bridgehead atoms. The van der Waals surface area contributed by atoms with Crippen molar-refractivity contribution in [1.82, 2.24) is 19.7 Å². The summed E-state index contributed by atoms with van der Waals surface area (Å²) in [6.45, 7) is 2.08. The number of aryl methyl sites for hydroxylation is 1. The monoisotopic (exact) mass is 258 g/mol. The Kier molecular flexibility index (Phi) is 2.63. The molecular formula is C13H11FN4O. The highest BCUT2D eigenvalue weighted by Crippen LogP contribution is 2.10. The van der Waals surface area contributed by atoms with Crippen molar-refractivity contribution in [1.29, 1.82) is 0 Å². The summed E-state index contributed by atoms with van der Waals surface area (Å²) in [5, 5.41) is 4.57. The van der Waals surface area contributed by atoms with Gasteiger partial charge in [-0.2, -0.15) is 5.10 Å². The molecule has 0 fully saturated rings. The maximum Gasteiger partial charge on any atom is 0.262 e. The topological polar surface area (TPSA) is 63.6 Å². The third-order valence-electron chi connectivity index (χ3n) is 2.85. The molecule has 2 aromatic heterocycles. The van der Waals surface area contributed by atoms with E-state index in [2.05, 4.69) is 15.1 Å². The SMILES string of the molecule is Cc1nc2c(cnn2Cc2cccc(F)c2)c(=O)[nH]1. The molecule has 6 heteroatoms. The zero-order chi connectivity index (χ0) is 13.4. The van der Waals surface area contributed by atoms with E-state index in [0.717, 1.165) is 5.56 Å². The predicted octanol–water partition coefficient (Wildman–Crippen LogP) is 1.62. The average molecular weight is 258 g/mol. The molecule has 0 aliphatic heterocycles. The molecule has 0 saturated heterocycles. The minimum absolute atomic E-state index is 0.215. The predicted molar refractivity (Wildman–Crippen MR) is 68.4 cm³/mol. The van der Waals surface area contributed by atoms with E-state index in [-0.39, 0.29) is 11.4 Å². The number of aromatic nitrogens is 4. The van der Waals surface area contributed by atoms with Crippen LogP contribution in [-0.2, 0) is 6.54 Å².